The number of nitrogens with zero attached hydrogens (tertiary/aromatic N) is 4. The average molecular weight is 260 g/mol. The molecule has 0 aromatic carbocycles. The third kappa shape index (κ3) is 3.77. The zero-order chi connectivity index (χ0) is 13.5. The summed E-state index contributed by atoms with van der Waals surface area (Å²) in [5.41, 5.74) is 0.803. The van der Waals surface area contributed by atoms with E-state index in [4.69, 9.17) is 4.74 Å². The number of ether oxygens (including phenoxy) is 1. The second-order valence-electron chi connectivity index (χ2n) is 3.76. The summed E-state index contributed by atoms with van der Waals surface area (Å²) in [5, 5.41) is 6.15. The van der Waals surface area contributed by atoms with Crippen LogP contribution in [0.5, 0.6) is 6.01 Å². The van der Waals surface area contributed by atoms with Crippen LogP contribution in [0.3, 0.4) is 0 Å². The van der Waals surface area contributed by atoms with Crippen LogP contribution >= 0.6 is 0 Å². The minimum absolute atomic E-state index is 0.264. The second-order valence-corrected chi connectivity index (χ2v) is 3.76. The Morgan fingerprint density at radius 2 is 2.05 bits per heavy atom. The van der Waals surface area contributed by atoms with Crippen molar-refractivity contribution in [2.45, 2.75) is 13.3 Å². The van der Waals surface area contributed by atoms with E-state index in [1.807, 2.05) is 12.1 Å². The molecule has 2 aromatic heterocycles. The number of hydrogen-bond donors (Lipinski definition) is 2. The minimum atomic E-state index is 0.264. The fourth-order valence-corrected chi connectivity index (χ4v) is 1.39. The van der Waals surface area contributed by atoms with E-state index in [9.17, 15) is 0 Å². The molecule has 0 saturated heterocycles. The Bertz CT molecular complexity index is 519. The number of hydrogen-bond acceptors (Lipinski definition) is 7. The minimum Gasteiger partial charge on any atom is -0.467 e. The molecule has 0 saturated carbocycles. The fraction of sp³-hybridized carbons (Fsp3) is 0.333. The Balaban J connectivity index is 2.19. The molecule has 0 aliphatic rings. The molecule has 100 valence electrons. The van der Waals surface area contributed by atoms with Gasteiger partial charge in [-0.05, 0) is 18.6 Å². The number of methoxy groups -OCH3 is 1. The third-order valence-corrected chi connectivity index (χ3v) is 2.25. The van der Waals surface area contributed by atoms with Gasteiger partial charge in [0.25, 0.3) is 0 Å². The molecule has 0 unspecified atom stereocenters. The van der Waals surface area contributed by atoms with Gasteiger partial charge in [-0.15, -0.1) is 0 Å². The second kappa shape index (κ2) is 6.48. The van der Waals surface area contributed by atoms with Gasteiger partial charge in [-0.1, -0.05) is 6.92 Å². The maximum absolute atomic E-state index is 5.06. The van der Waals surface area contributed by atoms with Gasteiger partial charge >= 0.3 is 6.01 Å². The van der Waals surface area contributed by atoms with Crippen LogP contribution in [0.2, 0.25) is 0 Å². The number of anilines is 3. The lowest BCUT2D eigenvalue weighted by Crippen LogP contribution is -2.09. The van der Waals surface area contributed by atoms with E-state index in [-0.39, 0.29) is 6.01 Å². The van der Waals surface area contributed by atoms with Crippen LogP contribution in [0, 0.1) is 0 Å². The highest BCUT2D eigenvalue weighted by atomic mass is 16.5. The molecule has 2 aromatic rings. The topological polar surface area (TPSA) is 84.9 Å². The van der Waals surface area contributed by atoms with E-state index in [0.717, 1.165) is 18.7 Å². The maximum atomic E-state index is 5.06. The quantitative estimate of drug-likeness (QED) is 0.819. The van der Waals surface area contributed by atoms with Crippen LogP contribution in [0.4, 0.5) is 17.6 Å². The summed E-state index contributed by atoms with van der Waals surface area (Å²) in [6, 6.07) is 3.97. The van der Waals surface area contributed by atoms with Gasteiger partial charge in [0, 0.05) is 12.7 Å². The molecule has 7 nitrogen and oxygen atoms in total. The molecule has 0 aliphatic carbocycles. The van der Waals surface area contributed by atoms with Gasteiger partial charge in [-0.25, -0.2) is 0 Å². The van der Waals surface area contributed by atoms with Gasteiger partial charge in [-0.3, -0.25) is 4.98 Å². The molecule has 0 aliphatic heterocycles. The third-order valence-electron chi connectivity index (χ3n) is 2.25. The summed E-state index contributed by atoms with van der Waals surface area (Å²) < 4.78 is 5.06. The summed E-state index contributed by atoms with van der Waals surface area (Å²) in [6.07, 6.45) is 4.38. The fourth-order valence-electron chi connectivity index (χ4n) is 1.39. The summed E-state index contributed by atoms with van der Waals surface area (Å²) in [5.74, 6) is 0.901. The van der Waals surface area contributed by atoms with Crippen molar-refractivity contribution in [1.29, 1.82) is 0 Å². The Kier molecular flexibility index (Phi) is 4.44. The van der Waals surface area contributed by atoms with Crippen LogP contribution < -0.4 is 15.4 Å². The molecule has 0 amide bonds. The highest BCUT2D eigenvalue weighted by molar-refractivity contribution is 5.52. The van der Waals surface area contributed by atoms with Crippen molar-refractivity contribution >= 4 is 17.6 Å². The first-order valence-electron chi connectivity index (χ1n) is 6.03. The molecular formula is C12H16N6O. The van der Waals surface area contributed by atoms with Crippen molar-refractivity contribution in [1.82, 2.24) is 19.9 Å². The molecule has 0 radical (unpaired) electrons. The molecular weight excluding hydrogens is 244 g/mol. The van der Waals surface area contributed by atoms with Crippen LogP contribution in [-0.2, 0) is 0 Å². The number of aromatic nitrogens is 4. The molecule has 19 heavy (non-hydrogen) atoms. The van der Waals surface area contributed by atoms with Crippen molar-refractivity contribution in [3.8, 4) is 6.01 Å². The van der Waals surface area contributed by atoms with Gasteiger partial charge < -0.3 is 15.4 Å². The molecule has 2 N–H and O–H groups in total. The highest BCUT2D eigenvalue weighted by Gasteiger charge is 2.06. The molecule has 0 bridgehead atoms. The Labute approximate surface area is 111 Å². The molecule has 0 atom stereocenters. The largest absolute Gasteiger partial charge is 0.467 e. The maximum Gasteiger partial charge on any atom is 0.322 e. The first-order valence-corrected chi connectivity index (χ1v) is 6.03. The SMILES string of the molecule is CCCNc1nc(Nc2cccnc2)nc(OC)n1. The normalized spacial score (nSPS) is 10.0. The lowest BCUT2D eigenvalue weighted by atomic mass is 10.4. The summed E-state index contributed by atoms with van der Waals surface area (Å²) in [6.45, 7) is 2.86. The van der Waals surface area contributed by atoms with Crippen LogP contribution in [0.1, 0.15) is 13.3 Å². The number of pyridine rings is 1. The molecule has 2 heterocycles. The predicted molar refractivity (Wildman–Crippen MR) is 72.7 cm³/mol. The van der Waals surface area contributed by atoms with Crippen LogP contribution in [-0.4, -0.2) is 33.6 Å². The van der Waals surface area contributed by atoms with E-state index in [1.54, 1.807) is 12.4 Å². The van der Waals surface area contributed by atoms with Gasteiger partial charge in [0.15, 0.2) is 0 Å². The molecule has 0 spiro atoms. The number of nitrogens with one attached hydrogen (secondary N) is 2. The van der Waals surface area contributed by atoms with Gasteiger partial charge in [-0.2, -0.15) is 15.0 Å². The van der Waals surface area contributed by atoms with Crippen molar-refractivity contribution < 1.29 is 4.74 Å². The summed E-state index contributed by atoms with van der Waals surface area (Å²) in [7, 11) is 1.52. The first kappa shape index (κ1) is 13.0. The standard InChI is InChI=1S/C12H16N6O/c1-3-6-14-10-16-11(18-12(17-10)19-2)15-9-5-4-7-13-8-9/h4-5,7-8H,3,6H2,1-2H3,(H2,14,15,16,17,18). The van der Waals surface area contributed by atoms with Gasteiger partial charge in [0.2, 0.25) is 11.9 Å². The zero-order valence-corrected chi connectivity index (χ0v) is 10.9. The smallest absolute Gasteiger partial charge is 0.322 e. The Morgan fingerprint density at radius 3 is 2.74 bits per heavy atom. The summed E-state index contributed by atoms with van der Waals surface area (Å²) in [4.78, 5) is 16.5. The van der Waals surface area contributed by atoms with Crippen molar-refractivity contribution in [3.05, 3.63) is 24.5 Å². The molecule has 7 heteroatoms. The van der Waals surface area contributed by atoms with E-state index in [2.05, 4.69) is 37.5 Å². The Morgan fingerprint density at radius 1 is 1.21 bits per heavy atom. The van der Waals surface area contributed by atoms with Crippen molar-refractivity contribution in [3.63, 3.8) is 0 Å². The molecule has 2 rings (SSSR count). The molecule has 0 fully saturated rings. The Hall–Kier alpha value is -2.44. The average Bonchev–Trinajstić information content (AvgIpc) is 2.46. The van der Waals surface area contributed by atoms with Crippen molar-refractivity contribution in [2.75, 3.05) is 24.3 Å². The monoisotopic (exact) mass is 260 g/mol. The van der Waals surface area contributed by atoms with E-state index >= 15 is 0 Å². The highest BCUT2D eigenvalue weighted by Crippen LogP contribution is 2.15. The van der Waals surface area contributed by atoms with E-state index < -0.39 is 0 Å². The van der Waals surface area contributed by atoms with Crippen molar-refractivity contribution in [2.24, 2.45) is 0 Å². The van der Waals surface area contributed by atoms with Crippen LogP contribution in [0.15, 0.2) is 24.5 Å². The first-order chi connectivity index (χ1) is 9.31. The van der Waals surface area contributed by atoms with E-state index in [1.165, 1.54) is 7.11 Å². The number of rotatable bonds is 6. The van der Waals surface area contributed by atoms with Gasteiger partial charge in [0.05, 0.1) is 19.0 Å². The lowest BCUT2D eigenvalue weighted by molar-refractivity contribution is 0.379. The summed E-state index contributed by atoms with van der Waals surface area (Å²) >= 11 is 0. The van der Waals surface area contributed by atoms with Crippen LogP contribution in [0.25, 0.3) is 0 Å². The van der Waals surface area contributed by atoms with Gasteiger partial charge in [0.1, 0.15) is 0 Å². The predicted octanol–water partition coefficient (Wildman–Crippen LogP) is 1.84. The van der Waals surface area contributed by atoms with E-state index in [0.29, 0.717) is 11.9 Å². The zero-order valence-electron chi connectivity index (χ0n) is 10.9. The lowest BCUT2D eigenvalue weighted by Gasteiger charge is -2.08.